The smallest absolute Gasteiger partial charge is 0.254 e. The first-order valence-corrected chi connectivity index (χ1v) is 6.32. The van der Waals surface area contributed by atoms with Gasteiger partial charge in [0.1, 0.15) is 0 Å². The predicted molar refractivity (Wildman–Crippen MR) is 65.9 cm³/mol. The van der Waals surface area contributed by atoms with E-state index in [4.69, 9.17) is 11.6 Å². The van der Waals surface area contributed by atoms with Crippen LogP contribution in [0.5, 0.6) is 0 Å². The first-order chi connectivity index (χ1) is 7.02. The number of alkyl halides is 1. The van der Waals surface area contributed by atoms with Gasteiger partial charge in [0, 0.05) is 24.3 Å². The van der Waals surface area contributed by atoms with Gasteiger partial charge in [-0.15, -0.1) is 11.6 Å². The Kier molecular flexibility index (Phi) is 4.61. The van der Waals surface area contributed by atoms with Crippen LogP contribution >= 0.6 is 22.9 Å². The summed E-state index contributed by atoms with van der Waals surface area (Å²) in [6.45, 7) is 4.61. The third-order valence-electron chi connectivity index (χ3n) is 2.29. The molecule has 0 fully saturated rings. The Morgan fingerprint density at radius 2 is 2.27 bits per heavy atom. The van der Waals surface area contributed by atoms with Crippen LogP contribution in [0.2, 0.25) is 0 Å². The Bertz CT molecular complexity index is 335. The first kappa shape index (κ1) is 12.5. The number of hydrogen-bond donors (Lipinski definition) is 0. The molecule has 2 nitrogen and oxygen atoms in total. The molecule has 1 rings (SSSR count). The van der Waals surface area contributed by atoms with Gasteiger partial charge in [0.15, 0.2) is 0 Å². The molecule has 1 atom stereocenters. The molecule has 1 aromatic heterocycles. The second kappa shape index (κ2) is 5.52. The fourth-order valence-corrected chi connectivity index (χ4v) is 2.18. The van der Waals surface area contributed by atoms with Crippen molar-refractivity contribution in [3.05, 3.63) is 21.9 Å². The fourth-order valence-electron chi connectivity index (χ4n) is 1.26. The molecule has 1 heterocycles. The molecule has 0 aliphatic carbocycles. The summed E-state index contributed by atoms with van der Waals surface area (Å²) in [7, 11) is 1.82. The zero-order chi connectivity index (χ0) is 11.4. The quantitative estimate of drug-likeness (QED) is 0.747. The number of carbonyl (C=O) groups excluding carboxylic acids is 1. The van der Waals surface area contributed by atoms with Gasteiger partial charge in [0.2, 0.25) is 0 Å². The number of carbonyl (C=O) groups is 1. The molecular formula is C11H16ClNOS. The van der Waals surface area contributed by atoms with Crippen molar-refractivity contribution in [2.75, 3.05) is 13.6 Å². The number of thiophene rings is 1. The van der Waals surface area contributed by atoms with Crippen LogP contribution in [-0.2, 0) is 0 Å². The standard InChI is InChI=1S/C11H16ClNOS/c1-8-6-15-7-10(8)11(14)13(3)5-4-9(2)12/h6-7,9H,4-5H2,1-3H3. The molecule has 0 saturated heterocycles. The lowest BCUT2D eigenvalue weighted by molar-refractivity contribution is 0.0793. The molecule has 0 N–H and O–H groups in total. The van der Waals surface area contributed by atoms with Crippen LogP contribution in [0.3, 0.4) is 0 Å². The van der Waals surface area contributed by atoms with Crippen molar-refractivity contribution < 1.29 is 4.79 Å². The minimum absolute atomic E-state index is 0.0890. The maximum atomic E-state index is 11.9. The lowest BCUT2D eigenvalue weighted by Gasteiger charge is -2.17. The van der Waals surface area contributed by atoms with Crippen LogP contribution in [0.4, 0.5) is 0 Å². The van der Waals surface area contributed by atoms with E-state index in [2.05, 4.69) is 0 Å². The second-order valence-electron chi connectivity index (χ2n) is 3.76. The number of halogens is 1. The molecule has 0 bridgehead atoms. The largest absolute Gasteiger partial charge is 0.342 e. The molecule has 15 heavy (non-hydrogen) atoms. The maximum absolute atomic E-state index is 11.9. The summed E-state index contributed by atoms with van der Waals surface area (Å²) >= 11 is 7.41. The molecule has 1 amide bonds. The monoisotopic (exact) mass is 245 g/mol. The highest BCUT2D eigenvalue weighted by molar-refractivity contribution is 7.08. The third kappa shape index (κ3) is 3.50. The number of aryl methyl sites for hydroxylation is 1. The summed E-state index contributed by atoms with van der Waals surface area (Å²) in [5, 5.41) is 4.01. The Hall–Kier alpha value is -0.540. The Morgan fingerprint density at radius 1 is 1.60 bits per heavy atom. The van der Waals surface area contributed by atoms with Crippen molar-refractivity contribution >= 4 is 28.8 Å². The normalized spacial score (nSPS) is 12.5. The van der Waals surface area contributed by atoms with Crippen LogP contribution in [0.25, 0.3) is 0 Å². The molecule has 0 aliphatic heterocycles. The average molecular weight is 246 g/mol. The van der Waals surface area contributed by atoms with Gasteiger partial charge < -0.3 is 4.90 Å². The van der Waals surface area contributed by atoms with E-state index in [9.17, 15) is 4.79 Å². The lowest BCUT2D eigenvalue weighted by atomic mass is 10.2. The third-order valence-corrected chi connectivity index (χ3v) is 3.37. The Morgan fingerprint density at radius 3 is 2.73 bits per heavy atom. The van der Waals surface area contributed by atoms with Crippen molar-refractivity contribution in [3.63, 3.8) is 0 Å². The second-order valence-corrected chi connectivity index (χ2v) is 5.25. The number of amides is 1. The molecule has 1 aromatic rings. The summed E-state index contributed by atoms with van der Waals surface area (Å²) in [6, 6.07) is 0. The van der Waals surface area contributed by atoms with Crippen molar-refractivity contribution in [1.29, 1.82) is 0 Å². The van der Waals surface area contributed by atoms with Gasteiger partial charge in [0.25, 0.3) is 5.91 Å². The molecule has 0 aliphatic rings. The van der Waals surface area contributed by atoms with Crippen LogP contribution < -0.4 is 0 Å². The Balaban J connectivity index is 2.57. The molecule has 0 aromatic carbocycles. The first-order valence-electron chi connectivity index (χ1n) is 4.94. The van der Waals surface area contributed by atoms with E-state index in [-0.39, 0.29) is 11.3 Å². The number of rotatable bonds is 4. The van der Waals surface area contributed by atoms with E-state index >= 15 is 0 Å². The highest BCUT2D eigenvalue weighted by atomic mass is 35.5. The summed E-state index contributed by atoms with van der Waals surface area (Å²) in [4.78, 5) is 13.7. The van der Waals surface area contributed by atoms with Crippen LogP contribution in [0.15, 0.2) is 10.8 Å². The van der Waals surface area contributed by atoms with E-state index in [1.165, 1.54) is 0 Å². The molecule has 4 heteroatoms. The van der Waals surface area contributed by atoms with Gasteiger partial charge >= 0.3 is 0 Å². The van der Waals surface area contributed by atoms with Crippen molar-refractivity contribution in [2.45, 2.75) is 25.6 Å². The fraction of sp³-hybridized carbons (Fsp3) is 0.545. The van der Waals surface area contributed by atoms with E-state index in [0.717, 1.165) is 17.5 Å². The van der Waals surface area contributed by atoms with Crippen LogP contribution in [-0.4, -0.2) is 29.8 Å². The van der Waals surface area contributed by atoms with Gasteiger partial charge in [0.05, 0.1) is 5.56 Å². The van der Waals surface area contributed by atoms with E-state index < -0.39 is 0 Å². The van der Waals surface area contributed by atoms with Crippen molar-refractivity contribution in [1.82, 2.24) is 4.90 Å². The van der Waals surface area contributed by atoms with E-state index in [1.807, 2.05) is 31.7 Å². The molecule has 1 unspecified atom stereocenters. The summed E-state index contributed by atoms with van der Waals surface area (Å²) < 4.78 is 0. The Labute approximate surface area is 99.9 Å². The van der Waals surface area contributed by atoms with Gasteiger partial charge in [-0.2, -0.15) is 11.3 Å². The van der Waals surface area contributed by atoms with Gasteiger partial charge in [-0.3, -0.25) is 4.79 Å². The van der Waals surface area contributed by atoms with E-state index in [0.29, 0.717) is 6.54 Å². The van der Waals surface area contributed by atoms with Crippen molar-refractivity contribution in [3.8, 4) is 0 Å². The summed E-state index contributed by atoms with van der Waals surface area (Å²) in [5.41, 5.74) is 1.86. The average Bonchev–Trinajstić information content (AvgIpc) is 2.59. The van der Waals surface area contributed by atoms with Crippen LogP contribution in [0.1, 0.15) is 29.3 Å². The van der Waals surface area contributed by atoms with Gasteiger partial charge in [-0.05, 0) is 31.2 Å². The lowest BCUT2D eigenvalue weighted by Crippen LogP contribution is -2.28. The van der Waals surface area contributed by atoms with Gasteiger partial charge in [-0.1, -0.05) is 0 Å². The zero-order valence-electron chi connectivity index (χ0n) is 9.29. The molecular weight excluding hydrogens is 230 g/mol. The number of nitrogens with zero attached hydrogens (tertiary/aromatic N) is 1. The highest BCUT2D eigenvalue weighted by Crippen LogP contribution is 2.15. The molecule has 0 saturated carbocycles. The van der Waals surface area contributed by atoms with Crippen LogP contribution in [0, 0.1) is 6.92 Å². The van der Waals surface area contributed by atoms with Crippen molar-refractivity contribution in [2.24, 2.45) is 0 Å². The summed E-state index contributed by atoms with van der Waals surface area (Å²) in [5.74, 6) is 0.0890. The molecule has 84 valence electrons. The summed E-state index contributed by atoms with van der Waals surface area (Å²) in [6.07, 6.45) is 0.826. The highest BCUT2D eigenvalue weighted by Gasteiger charge is 2.14. The van der Waals surface area contributed by atoms with Gasteiger partial charge in [-0.25, -0.2) is 0 Å². The van der Waals surface area contributed by atoms with E-state index in [1.54, 1.807) is 16.2 Å². The predicted octanol–water partition coefficient (Wildman–Crippen LogP) is 3.15. The molecule has 0 spiro atoms. The maximum Gasteiger partial charge on any atom is 0.254 e. The SMILES string of the molecule is Cc1cscc1C(=O)N(C)CCC(C)Cl. The molecule has 0 radical (unpaired) electrons. The topological polar surface area (TPSA) is 20.3 Å². The zero-order valence-corrected chi connectivity index (χ0v) is 10.9. The minimum atomic E-state index is 0.0890. The number of hydrogen-bond acceptors (Lipinski definition) is 2. The minimum Gasteiger partial charge on any atom is -0.342 e.